The van der Waals surface area contributed by atoms with Gasteiger partial charge in [-0.2, -0.15) is 0 Å². The zero-order valence-electron chi connectivity index (χ0n) is 26.4. The number of methoxy groups -OCH3 is 1. The van der Waals surface area contributed by atoms with Crippen LogP contribution in [0.25, 0.3) is 0 Å². The summed E-state index contributed by atoms with van der Waals surface area (Å²) in [6.45, 7) is 18.4. The third-order valence-electron chi connectivity index (χ3n) is 5.23. The monoisotopic (exact) mass is 574 g/mol. The van der Waals surface area contributed by atoms with Crippen molar-refractivity contribution in [2.75, 3.05) is 20.2 Å². The van der Waals surface area contributed by atoms with E-state index in [9.17, 15) is 19.2 Å². The summed E-state index contributed by atoms with van der Waals surface area (Å²) in [6, 6.07) is -1.10. The van der Waals surface area contributed by atoms with E-state index in [1.165, 1.54) is 0 Å². The number of carbonyl (C=O) groups is 4. The van der Waals surface area contributed by atoms with Crippen LogP contribution in [0.2, 0.25) is 0 Å². The topological polar surface area (TPSA) is 153 Å². The van der Waals surface area contributed by atoms with Crippen molar-refractivity contribution >= 4 is 24.2 Å². The molecule has 0 aromatic carbocycles. The summed E-state index contributed by atoms with van der Waals surface area (Å²) < 4.78 is 21.3. The van der Waals surface area contributed by atoms with Gasteiger partial charge in [0, 0.05) is 20.2 Å². The van der Waals surface area contributed by atoms with Gasteiger partial charge in [-0.15, -0.1) is 0 Å². The molecule has 0 heterocycles. The largest absolute Gasteiger partial charge is 0.444 e. The molecule has 4 amide bonds. The first-order chi connectivity index (χ1) is 18.2. The zero-order valence-corrected chi connectivity index (χ0v) is 26.4. The summed E-state index contributed by atoms with van der Waals surface area (Å²) in [7, 11) is 1.58. The second-order valence-electron chi connectivity index (χ2n) is 12.8. The molecular weight excluding hydrogens is 520 g/mol. The van der Waals surface area contributed by atoms with E-state index in [0.717, 1.165) is 0 Å². The van der Waals surface area contributed by atoms with E-state index in [4.69, 9.17) is 18.9 Å². The molecule has 3 atom stereocenters. The van der Waals surface area contributed by atoms with Crippen molar-refractivity contribution in [2.24, 2.45) is 0 Å². The first-order valence-corrected chi connectivity index (χ1v) is 14.0. The summed E-state index contributed by atoms with van der Waals surface area (Å²) in [5, 5.41) is 11.0. The number of ether oxygens (including phenoxy) is 4. The minimum absolute atomic E-state index is 0.223. The summed E-state index contributed by atoms with van der Waals surface area (Å²) in [6.07, 6.45) is 0.722. The van der Waals surface area contributed by atoms with Crippen LogP contribution in [0.15, 0.2) is 0 Å². The van der Waals surface area contributed by atoms with Crippen molar-refractivity contribution in [3.8, 4) is 0 Å². The highest BCUT2D eigenvalue weighted by atomic mass is 16.6. The van der Waals surface area contributed by atoms with Gasteiger partial charge in [0.1, 0.15) is 22.8 Å². The maximum Gasteiger partial charge on any atom is 0.408 e. The SMILES string of the molecule is COC(C)[C@H](CCCCNC(=O)[C@@H](CCCNC(=O)OC(C)(C)C)NC(=O)OC(C)(C)C)NC(=O)OC(C)(C)C. The first-order valence-electron chi connectivity index (χ1n) is 14.0. The van der Waals surface area contributed by atoms with Crippen LogP contribution in [0.5, 0.6) is 0 Å². The van der Waals surface area contributed by atoms with Gasteiger partial charge >= 0.3 is 18.3 Å². The van der Waals surface area contributed by atoms with Gasteiger partial charge in [0.25, 0.3) is 0 Å². The quantitative estimate of drug-likeness (QED) is 0.176. The van der Waals surface area contributed by atoms with E-state index in [2.05, 4.69) is 21.3 Å². The molecular formula is C28H54N4O8. The van der Waals surface area contributed by atoms with Crippen molar-refractivity contribution < 1.29 is 38.1 Å². The highest BCUT2D eigenvalue weighted by Gasteiger charge is 2.25. The molecule has 0 aromatic heterocycles. The molecule has 0 bridgehead atoms. The molecule has 0 saturated carbocycles. The predicted molar refractivity (Wildman–Crippen MR) is 153 cm³/mol. The van der Waals surface area contributed by atoms with E-state index < -0.39 is 41.1 Å². The molecule has 12 heteroatoms. The summed E-state index contributed by atoms with van der Waals surface area (Å²) in [4.78, 5) is 49.3. The Bertz CT molecular complexity index is 800. The molecule has 0 aliphatic heterocycles. The van der Waals surface area contributed by atoms with Crippen LogP contribution >= 0.6 is 0 Å². The first kappa shape index (κ1) is 37.2. The molecule has 0 aromatic rings. The van der Waals surface area contributed by atoms with Gasteiger partial charge in [-0.1, -0.05) is 0 Å². The van der Waals surface area contributed by atoms with Gasteiger partial charge in [0.15, 0.2) is 0 Å². The minimum Gasteiger partial charge on any atom is -0.444 e. The number of rotatable bonds is 14. The number of alkyl carbamates (subject to hydrolysis) is 3. The van der Waals surface area contributed by atoms with Crippen LogP contribution in [-0.2, 0) is 23.7 Å². The zero-order chi connectivity index (χ0) is 31.1. The molecule has 234 valence electrons. The average Bonchev–Trinajstić information content (AvgIpc) is 2.75. The maximum atomic E-state index is 12.9. The Morgan fingerprint density at radius 3 is 1.60 bits per heavy atom. The normalized spacial score (nSPS) is 14.3. The van der Waals surface area contributed by atoms with Crippen LogP contribution in [-0.4, -0.2) is 79.4 Å². The Kier molecular flexibility index (Phi) is 16.0. The molecule has 0 spiro atoms. The third-order valence-corrected chi connectivity index (χ3v) is 5.23. The lowest BCUT2D eigenvalue weighted by Gasteiger charge is -2.27. The van der Waals surface area contributed by atoms with Crippen molar-refractivity contribution in [2.45, 2.75) is 136 Å². The van der Waals surface area contributed by atoms with Crippen molar-refractivity contribution in [1.82, 2.24) is 21.3 Å². The lowest BCUT2D eigenvalue weighted by Crippen LogP contribution is -2.48. The molecule has 0 fully saturated rings. The van der Waals surface area contributed by atoms with Crippen LogP contribution in [0.3, 0.4) is 0 Å². The van der Waals surface area contributed by atoms with Gasteiger partial charge in [-0.25, -0.2) is 14.4 Å². The molecule has 0 rings (SSSR count). The number of hydrogen-bond acceptors (Lipinski definition) is 8. The number of amides is 4. The number of hydrogen-bond donors (Lipinski definition) is 4. The lowest BCUT2D eigenvalue weighted by atomic mass is 10.0. The molecule has 40 heavy (non-hydrogen) atoms. The second-order valence-corrected chi connectivity index (χ2v) is 12.8. The Hall–Kier alpha value is -2.76. The summed E-state index contributed by atoms with van der Waals surface area (Å²) in [5.41, 5.74) is -1.93. The van der Waals surface area contributed by atoms with Crippen molar-refractivity contribution in [3.05, 3.63) is 0 Å². The molecule has 1 unspecified atom stereocenters. The fourth-order valence-corrected chi connectivity index (χ4v) is 3.40. The fourth-order valence-electron chi connectivity index (χ4n) is 3.40. The standard InChI is InChI=1S/C28H54N4O8/c1-19(37-11)20(31-24(35)39-27(5,6)7)15-12-13-17-29-22(33)21(32-25(36)40-28(8,9)10)16-14-18-30-23(34)38-26(2,3)4/h19-21H,12-18H2,1-11H3,(H,29,33)(H,30,34)(H,31,35)(H,32,36)/t19?,20-,21+/m0/s1. The van der Waals surface area contributed by atoms with Gasteiger partial charge in [0.05, 0.1) is 12.1 Å². The molecule has 0 aliphatic rings. The van der Waals surface area contributed by atoms with Gasteiger partial charge in [0.2, 0.25) is 5.91 Å². The lowest BCUT2D eigenvalue weighted by molar-refractivity contribution is -0.123. The number of nitrogens with one attached hydrogen (secondary N) is 4. The van der Waals surface area contributed by atoms with Crippen LogP contribution < -0.4 is 21.3 Å². The highest BCUT2D eigenvalue weighted by Crippen LogP contribution is 2.12. The van der Waals surface area contributed by atoms with Crippen LogP contribution in [0.4, 0.5) is 14.4 Å². The third kappa shape index (κ3) is 20.2. The maximum absolute atomic E-state index is 12.9. The number of carbonyl (C=O) groups excluding carboxylic acids is 4. The Balaban J connectivity index is 4.86. The predicted octanol–water partition coefficient (Wildman–Crippen LogP) is 4.40. The van der Waals surface area contributed by atoms with E-state index in [1.807, 2.05) is 6.92 Å². The summed E-state index contributed by atoms with van der Waals surface area (Å²) in [5.74, 6) is -0.350. The minimum atomic E-state index is -0.842. The molecule has 0 radical (unpaired) electrons. The Labute approximate surface area is 240 Å². The average molecular weight is 575 g/mol. The van der Waals surface area contributed by atoms with E-state index in [0.29, 0.717) is 32.2 Å². The van der Waals surface area contributed by atoms with Crippen molar-refractivity contribution in [1.29, 1.82) is 0 Å². The van der Waals surface area contributed by atoms with E-state index in [1.54, 1.807) is 69.4 Å². The van der Waals surface area contributed by atoms with Gasteiger partial charge in [-0.05, 0) is 101 Å². The number of unbranched alkanes of at least 4 members (excludes halogenated alkanes) is 1. The van der Waals surface area contributed by atoms with Gasteiger partial charge in [-0.3, -0.25) is 4.79 Å². The van der Waals surface area contributed by atoms with E-state index in [-0.39, 0.29) is 31.0 Å². The smallest absolute Gasteiger partial charge is 0.408 e. The highest BCUT2D eigenvalue weighted by molar-refractivity contribution is 5.85. The fraction of sp³-hybridized carbons (Fsp3) is 0.857. The van der Waals surface area contributed by atoms with Crippen molar-refractivity contribution in [3.63, 3.8) is 0 Å². The Morgan fingerprint density at radius 1 is 0.625 bits per heavy atom. The van der Waals surface area contributed by atoms with Crippen LogP contribution in [0, 0.1) is 0 Å². The molecule has 0 aliphatic carbocycles. The molecule has 0 saturated heterocycles. The van der Waals surface area contributed by atoms with E-state index >= 15 is 0 Å². The second kappa shape index (κ2) is 17.1. The Morgan fingerprint density at radius 2 is 1.10 bits per heavy atom. The summed E-state index contributed by atoms with van der Waals surface area (Å²) >= 11 is 0. The molecule has 12 nitrogen and oxygen atoms in total. The van der Waals surface area contributed by atoms with Gasteiger partial charge < -0.3 is 40.2 Å². The molecule has 4 N–H and O–H groups in total. The van der Waals surface area contributed by atoms with Crippen LogP contribution in [0.1, 0.15) is 101 Å².